The molecule has 0 aliphatic carbocycles. The fourth-order valence-corrected chi connectivity index (χ4v) is 4.25. The number of thiophene rings is 1. The number of nitrogens with one attached hydrogen (secondary N) is 3. The van der Waals surface area contributed by atoms with Crippen molar-refractivity contribution in [2.24, 2.45) is 0 Å². The zero-order valence-corrected chi connectivity index (χ0v) is 23.9. The number of carbonyl (C=O) groups excluding carboxylic acids is 3. The van der Waals surface area contributed by atoms with Gasteiger partial charge in [-0.2, -0.15) is 11.3 Å². The van der Waals surface area contributed by atoms with E-state index in [-0.39, 0.29) is 11.9 Å². The van der Waals surface area contributed by atoms with Gasteiger partial charge in [-0.25, -0.2) is 9.59 Å². The Bertz CT molecular complexity index is 1240. The third-order valence-corrected chi connectivity index (χ3v) is 6.18. The van der Waals surface area contributed by atoms with Crippen molar-refractivity contribution >= 4 is 46.4 Å². The van der Waals surface area contributed by atoms with E-state index in [0.29, 0.717) is 30.0 Å². The maximum atomic E-state index is 13.0. The van der Waals surface area contributed by atoms with Crippen molar-refractivity contribution in [3.05, 3.63) is 76.5 Å². The van der Waals surface area contributed by atoms with Crippen LogP contribution < -0.4 is 16.0 Å². The van der Waals surface area contributed by atoms with Crippen molar-refractivity contribution in [3.63, 3.8) is 0 Å². The Labute approximate surface area is 234 Å². The summed E-state index contributed by atoms with van der Waals surface area (Å²) in [6.07, 6.45) is 0.230. The highest BCUT2D eigenvalue weighted by atomic mass is 32.1. The Balaban J connectivity index is 1.65. The monoisotopic (exact) mass is 551 g/mol. The summed E-state index contributed by atoms with van der Waals surface area (Å²) in [6.45, 7) is 7.21. The van der Waals surface area contributed by atoms with Crippen LogP contribution in [0.1, 0.15) is 43.1 Å². The lowest BCUT2D eigenvalue weighted by Gasteiger charge is -2.24. The Morgan fingerprint density at radius 1 is 0.872 bits per heavy atom. The van der Waals surface area contributed by atoms with Crippen molar-refractivity contribution < 1.29 is 19.1 Å². The summed E-state index contributed by atoms with van der Waals surface area (Å²) < 4.78 is 5.32. The van der Waals surface area contributed by atoms with Crippen LogP contribution in [0.4, 0.5) is 26.7 Å². The van der Waals surface area contributed by atoms with E-state index in [9.17, 15) is 14.4 Å². The van der Waals surface area contributed by atoms with Crippen molar-refractivity contribution in [3.8, 4) is 0 Å². The van der Waals surface area contributed by atoms with Gasteiger partial charge in [0, 0.05) is 24.0 Å². The highest BCUT2D eigenvalue weighted by molar-refractivity contribution is 7.08. The lowest BCUT2D eigenvalue weighted by molar-refractivity contribution is 0.0635. The highest BCUT2D eigenvalue weighted by Gasteiger charge is 2.18. The molecule has 3 N–H and O–H groups in total. The number of hydrogen-bond donors (Lipinski definition) is 3. The average molecular weight is 552 g/mol. The van der Waals surface area contributed by atoms with Crippen LogP contribution in [0.2, 0.25) is 0 Å². The van der Waals surface area contributed by atoms with Gasteiger partial charge >= 0.3 is 12.1 Å². The predicted octanol–water partition coefficient (Wildman–Crippen LogP) is 6.33. The number of para-hydroxylation sites is 2. The SMILES string of the molecule is CN(C)CCCN(Cc1ccc(C(=O)Nc2ccccc2NC(=O)OC(C)(C)C)cc1)C(=O)Nc1ccsc1. The van der Waals surface area contributed by atoms with Crippen molar-refractivity contribution in [1.82, 2.24) is 9.80 Å². The molecular formula is C29H37N5O4S. The molecule has 39 heavy (non-hydrogen) atoms. The molecule has 0 spiro atoms. The lowest BCUT2D eigenvalue weighted by Crippen LogP contribution is -2.36. The molecule has 1 aromatic heterocycles. The van der Waals surface area contributed by atoms with Gasteiger partial charge in [-0.3, -0.25) is 10.1 Å². The topological polar surface area (TPSA) is 103 Å². The van der Waals surface area contributed by atoms with Crippen molar-refractivity contribution in [2.45, 2.75) is 39.3 Å². The molecule has 0 saturated carbocycles. The fraction of sp³-hybridized carbons (Fsp3) is 0.345. The Morgan fingerprint density at radius 3 is 2.13 bits per heavy atom. The van der Waals surface area contributed by atoms with Gasteiger partial charge in [-0.1, -0.05) is 24.3 Å². The van der Waals surface area contributed by atoms with Crippen molar-refractivity contribution in [2.75, 3.05) is 43.1 Å². The first-order valence-electron chi connectivity index (χ1n) is 12.7. The van der Waals surface area contributed by atoms with Gasteiger partial charge in [-0.05, 0) is 89.1 Å². The fourth-order valence-electron chi connectivity index (χ4n) is 3.66. The van der Waals surface area contributed by atoms with Crippen LogP contribution in [0.5, 0.6) is 0 Å². The number of carbonyl (C=O) groups is 3. The largest absolute Gasteiger partial charge is 0.444 e. The molecule has 0 fully saturated rings. The molecule has 2 aromatic carbocycles. The highest BCUT2D eigenvalue weighted by Crippen LogP contribution is 2.23. The van der Waals surface area contributed by atoms with E-state index < -0.39 is 11.7 Å². The van der Waals surface area contributed by atoms with E-state index in [0.717, 1.165) is 24.2 Å². The van der Waals surface area contributed by atoms with Crippen LogP contribution in [-0.2, 0) is 11.3 Å². The molecule has 1 heterocycles. The number of benzene rings is 2. The minimum atomic E-state index is -0.642. The van der Waals surface area contributed by atoms with Crippen LogP contribution in [0.15, 0.2) is 65.4 Å². The second-order valence-corrected chi connectivity index (χ2v) is 11.1. The number of anilines is 3. The van der Waals surface area contributed by atoms with E-state index in [4.69, 9.17) is 4.74 Å². The Kier molecular flexibility index (Phi) is 10.5. The van der Waals surface area contributed by atoms with E-state index in [2.05, 4.69) is 20.9 Å². The third-order valence-electron chi connectivity index (χ3n) is 5.49. The van der Waals surface area contributed by atoms with Crippen LogP contribution in [0.3, 0.4) is 0 Å². The summed E-state index contributed by atoms with van der Waals surface area (Å²) in [5.41, 5.74) is 2.38. The molecule has 0 unspecified atom stereocenters. The average Bonchev–Trinajstić information content (AvgIpc) is 3.36. The van der Waals surface area contributed by atoms with Crippen LogP contribution >= 0.6 is 11.3 Å². The summed E-state index contributed by atoms with van der Waals surface area (Å²) in [7, 11) is 4.01. The standard InChI is InChI=1S/C29H37N5O4S/c1-29(2,3)38-28(37)32-25-10-7-6-9-24(25)31-26(35)22-13-11-21(12-14-22)19-34(17-8-16-33(4)5)27(36)30-23-15-18-39-20-23/h6-7,9-15,18,20H,8,16-17,19H2,1-5H3,(H,30,36)(H,31,35)(H,32,37). The molecule has 9 nitrogen and oxygen atoms in total. The van der Waals surface area contributed by atoms with Gasteiger partial charge in [0.05, 0.1) is 17.1 Å². The van der Waals surface area contributed by atoms with Gasteiger partial charge in [0.15, 0.2) is 0 Å². The zero-order valence-electron chi connectivity index (χ0n) is 23.1. The second kappa shape index (κ2) is 13.8. The Morgan fingerprint density at radius 2 is 1.54 bits per heavy atom. The summed E-state index contributed by atoms with van der Waals surface area (Å²) in [5.74, 6) is -0.321. The van der Waals surface area contributed by atoms with E-state index in [1.807, 2.05) is 43.1 Å². The van der Waals surface area contributed by atoms with Gasteiger partial charge in [-0.15, -0.1) is 0 Å². The number of rotatable bonds is 10. The molecule has 0 atom stereocenters. The molecule has 3 rings (SSSR count). The number of amides is 4. The first-order valence-corrected chi connectivity index (χ1v) is 13.7. The molecule has 0 bridgehead atoms. The van der Waals surface area contributed by atoms with Crippen molar-refractivity contribution in [1.29, 1.82) is 0 Å². The van der Waals surface area contributed by atoms with Crippen LogP contribution in [0.25, 0.3) is 0 Å². The summed E-state index contributed by atoms with van der Waals surface area (Å²) >= 11 is 1.52. The molecule has 0 saturated heterocycles. The minimum absolute atomic E-state index is 0.164. The molecule has 10 heteroatoms. The molecule has 208 valence electrons. The smallest absolute Gasteiger partial charge is 0.412 e. The molecule has 3 aromatic rings. The van der Waals surface area contributed by atoms with Gasteiger partial charge in [0.1, 0.15) is 5.60 Å². The summed E-state index contributed by atoms with van der Waals surface area (Å²) in [4.78, 5) is 42.0. The lowest BCUT2D eigenvalue weighted by atomic mass is 10.1. The van der Waals surface area contributed by atoms with E-state index >= 15 is 0 Å². The first kappa shape index (κ1) is 29.7. The van der Waals surface area contributed by atoms with Gasteiger partial charge < -0.3 is 25.2 Å². The first-order chi connectivity index (χ1) is 18.5. The van der Waals surface area contributed by atoms with Crippen LogP contribution in [-0.4, -0.2) is 60.6 Å². The van der Waals surface area contributed by atoms with Crippen LogP contribution in [0, 0.1) is 0 Å². The minimum Gasteiger partial charge on any atom is -0.444 e. The number of nitrogens with zero attached hydrogens (tertiary/aromatic N) is 2. The summed E-state index contributed by atoms with van der Waals surface area (Å²) in [6, 6.07) is 15.8. The quantitative estimate of drug-likeness (QED) is 0.273. The van der Waals surface area contributed by atoms with E-state index in [1.54, 1.807) is 62.1 Å². The van der Waals surface area contributed by atoms with E-state index in [1.165, 1.54) is 11.3 Å². The predicted molar refractivity (Wildman–Crippen MR) is 158 cm³/mol. The number of hydrogen-bond acceptors (Lipinski definition) is 6. The zero-order chi connectivity index (χ0) is 28.4. The molecule has 4 amide bonds. The second-order valence-electron chi connectivity index (χ2n) is 10.3. The maximum absolute atomic E-state index is 13.0. The molecule has 0 radical (unpaired) electrons. The summed E-state index contributed by atoms with van der Waals surface area (Å²) in [5, 5.41) is 12.3. The molecule has 0 aliphatic heterocycles. The van der Waals surface area contributed by atoms with Gasteiger partial charge in [0.2, 0.25) is 0 Å². The third kappa shape index (κ3) is 10.1. The number of urea groups is 1. The molecular weight excluding hydrogens is 514 g/mol. The number of ether oxygens (including phenoxy) is 1. The van der Waals surface area contributed by atoms with Gasteiger partial charge in [0.25, 0.3) is 5.91 Å². The molecule has 0 aliphatic rings. The Hall–Kier alpha value is -3.89. The normalized spacial score (nSPS) is 11.1. The maximum Gasteiger partial charge on any atom is 0.412 e.